The van der Waals surface area contributed by atoms with E-state index in [1.165, 1.54) is 0 Å². The quantitative estimate of drug-likeness (QED) is 0.508. The number of H-pyrrole nitrogens is 1. The fourth-order valence-electron chi connectivity index (χ4n) is 2.94. The van der Waals surface area contributed by atoms with E-state index < -0.39 is 0 Å². The van der Waals surface area contributed by atoms with Crippen molar-refractivity contribution in [2.45, 2.75) is 13.5 Å². The van der Waals surface area contributed by atoms with Crippen LogP contribution in [0.2, 0.25) is 0 Å². The van der Waals surface area contributed by atoms with Crippen molar-refractivity contribution in [1.82, 2.24) is 10.2 Å². The Labute approximate surface area is 158 Å². The monoisotopic (exact) mass is 356 g/mol. The van der Waals surface area contributed by atoms with E-state index in [9.17, 15) is 5.11 Å². The lowest BCUT2D eigenvalue weighted by Crippen LogP contribution is -1.94. The smallest absolute Gasteiger partial charge is 0.124 e. The molecule has 4 rings (SSSR count). The Bertz CT molecular complexity index is 1040. The molecule has 0 saturated heterocycles. The number of aryl methyl sites for hydroxylation is 1. The Morgan fingerprint density at radius 2 is 1.70 bits per heavy atom. The number of nitrogens with zero attached hydrogens (tertiary/aromatic N) is 1. The summed E-state index contributed by atoms with van der Waals surface area (Å²) in [4.78, 5) is 0. The molecular weight excluding hydrogens is 336 g/mol. The zero-order chi connectivity index (χ0) is 18.6. The summed E-state index contributed by atoms with van der Waals surface area (Å²) >= 11 is 0. The Kier molecular flexibility index (Phi) is 4.62. The van der Waals surface area contributed by atoms with Crippen LogP contribution in [0.25, 0.3) is 22.5 Å². The van der Waals surface area contributed by atoms with Crippen LogP contribution in [0.4, 0.5) is 0 Å². The summed E-state index contributed by atoms with van der Waals surface area (Å²) in [6.07, 6.45) is 0. The summed E-state index contributed by atoms with van der Waals surface area (Å²) in [5.41, 5.74) is 5.56. The van der Waals surface area contributed by atoms with Gasteiger partial charge in [0.05, 0.1) is 11.4 Å². The first-order valence-corrected chi connectivity index (χ1v) is 8.81. The van der Waals surface area contributed by atoms with E-state index in [0.29, 0.717) is 6.61 Å². The highest BCUT2D eigenvalue weighted by Gasteiger charge is 2.10. The molecule has 0 spiro atoms. The van der Waals surface area contributed by atoms with Crippen molar-refractivity contribution in [2.75, 3.05) is 0 Å². The van der Waals surface area contributed by atoms with Gasteiger partial charge in [0.15, 0.2) is 0 Å². The molecule has 2 N–H and O–H groups in total. The van der Waals surface area contributed by atoms with Crippen molar-refractivity contribution in [1.29, 1.82) is 0 Å². The summed E-state index contributed by atoms with van der Waals surface area (Å²) in [6, 6.07) is 25.4. The number of phenolic OH excluding ortho intramolecular Hbond substituents is 1. The molecule has 4 heteroatoms. The maximum atomic E-state index is 10.1. The molecule has 0 saturated carbocycles. The largest absolute Gasteiger partial charge is 0.507 e. The van der Waals surface area contributed by atoms with Gasteiger partial charge in [-0.25, -0.2) is 0 Å². The first-order chi connectivity index (χ1) is 13.2. The van der Waals surface area contributed by atoms with E-state index in [4.69, 9.17) is 4.74 Å². The average Bonchev–Trinajstić information content (AvgIpc) is 3.19. The first kappa shape index (κ1) is 16.9. The van der Waals surface area contributed by atoms with Crippen LogP contribution in [0, 0.1) is 6.92 Å². The number of hydrogen-bond donors (Lipinski definition) is 2. The SMILES string of the molecule is Cc1ccc(O)c(-c2cc(-c3ccc(OCc4ccccc4)cc3)n[nH]2)c1. The van der Waals surface area contributed by atoms with Crippen LogP contribution in [-0.4, -0.2) is 15.3 Å². The number of ether oxygens (including phenoxy) is 1. The highest BCUT2D eigenvalue weighted by atomic mass is 16.5. The Balaban J connectivity index is 1.49. The Hall–Kier alpha value is -3.53. The molecule has 0 unspecified atom stereocenters. The Morgan fingerprint density at radius 3 is 2.48 bits per heavy atom. The number of hydrogen-bond acceptors (Lipinski definition) is 3. The number of phenols is 1. The van der Waals surface area contributed by atoms with Gasteiger partial charge in [-0.05, 0) is 55.0 Å². The normalized spacial score (nSPS) is 10.7. The number of aromatic nitrogens is 2. The van der Waals surface area contributed by atoms with Crippen molar-refractivity contribution in [3.05, 3.63) is 90.0 Å². The first-order valence-electron chi connectivity index (χ1n) is 8.81. The van der Waals surface area contributed by atoms with E-state index in [-0.39, 0.29) is 5.75 Å². The van der Waals surface area contributed by atoms with Crippen LogP contribution in [0.15, 0.2) is 78.9 Å². The minimum absolute atomic E-state index is 0.237. The lowest BCUT2D eigenvalue weighted by atomic mass is 10.1. The third-order valence-corrected chi connectivity index (χ3v) is 4.42. The molecule has 0 bridgehead atoms. The molecule has 4 nitrogen and oxygen atoms in total. The standard InChI is InChI=1S/C23H20N2O2/c1-16-7-12-23(26)20(13-16)22-14-21(24-25-22)18-8-10-19(11-9-18)27-15-17-5-3-2-4-6-17/h2-14,26H,15H2,1H3,(H,24,25). The second-order valence-electron chi connectivity index (χ2n) is 6.49. The predicted octanol–water partition coefficient (Wildman–Crippen LogP) is 5.34. The van der Waals surface area contributed by atoms with Crippen molar-refractivity contribution in [2.24, 2.45) is 0 Å². The molecular formula is C23H20N2O2. The van der Waals surface area contributed by atoms with Gasteiger partial charge in [-0.1, -0.05) is 42.0 Å². The highest BCUT2D eigenvalue weighted by molar-refractivity contribution is 5.72. The van der Waals surface area contributed by atoms with Crippen LogP contribution in [0.5, 0.6) is 11.5 Å². The van der Waals surface area contributed by atoms with Crippen LogP contribution in [0.1, 0.15) is 11.1 Å². The van der Waals surface area contributed by atoms with Crippen LogP contribution in [0.3, 0.4) is 0 Å². The second kappa shape index (κ2) is 7.38. The average molecular weight is 356 g/mol. The van der Waals surface area contributed by atoms with Crippen LogP contribution < -0.4 is 4.74 Å². The molecule has 0 aliphatic rings. The third kappa shape index (κ3) is 3.85. The van der Waals surface area contributed by atoms with Crippen molar-refractivity contribution in [3.8, 4) is 34.0 Å². The minimum atomic E-state index is 0.237. The van der Waals surface area contributed by atoms with Crippen LogP contribution >= 0.6 is 0 Å². The number of benzene rings is 3. The third-order valence-electron chi connectivity index (χ3n) is 4.42. The lowest BCUT2D eigenvalue weighted by Gasteiger charge is -2.06. The molecule has 0 aliphatic carbocycles. The molecule has 0 aliphatic heterocycles. The molecule has 0 fully saturated rings. The number of aromatic amines is 1. The highest BCUT2D eigenvalue weighted by Crippen LogP contribution is 2.31. The molecule has 0 atom stereocenters. The molecule has 0 radical (unpaired) electrons. The van der Waals surface area contributed by atoms with Crippen molar-refractivity contribution < 1.29 is 9.84 Å². The molecule has 1 aromatic heterocycles. The van der Waals surface area contributed by atoms with Gasteiger partial charge in [0.25, 0.3) is 0 Å². The van der Waals surface area contributed by atoms with Gasteiger partial charge in [0.1, 0.15) is 18.1 Å². The van der Waals surface area contributed by atoms with Crippen molar-refractivity contribution in [3.63, 3.8) is 0 Å². The zero-order valence-electron chi connectivity index (χ0n) is 15.0. The summed E-state index contributed by atoms with van der Waals surface area (Å²) in [5, 5.41) is 17.5. The van der Waals surface area contributed by atoms with E-state index in [1.807, 2.05) is 79.7 Å². The Morgan fingerprint density at radius 1 is 0.926 bits per heavy atom. The predicted molar refractivity (Wildman–Crippen MR) is 107 cm³/mol. The van der Waals surface area contributed by atoms with Crippen molar-refractivity contribution >= 4 is 0 Å². The maximum absolute atomic E-state index is 10.1. The van der Waals surface area contributed by atoms with E-state index in [0.717, 1.165) is 39.4 Å². The minimum Gasteiger partial charge on any atom is -0.507 e. The van der Waals surface area contributed by atoms with Crippen LogP contribution in [-0.2, 0) is 6.61 Å². The second-order valence-corrected chi connectivity index (χ2v) is 6.49. The molecule has 1 heterocycles. The molecule has 3 aromatic carbocycles. The van der Waals surface area contributed by atoms with Gasteiger partial charge >= 0.3 is 0 Å². The summed E-state index contributed by atoms with van der Waals surface area (Å²) in [5.74, 6) is 1.05. The zero-order valence-corrected chi connectivity index (χ0v) is 15.0. The van der Waals surface area contributed by atoms with Gasteiger partial charge in [-0.15, -0.1) is 0 Å². The van der Waals surface area contributed by atoms with E-state index >= 15 is 0 Å². The lowest BCUT2D eigenvalue weighted by molar-refractivity contribution is 0.306. The molecule has 134 valence electrons. The summed E-state index contributed by atoms with van der Waals surface area (Å²) in [6.45, 7) is 2.54. The molecule has 27 heavy (non-hydrogen) atoms. The van der Waals surface area contributed by atoms with E-state index in [2.05, 4.69) is 10.2 Å². The fraction of sp³-hybridized carbons (Fsp3) is 0.0870. The van der Waals surface area contributed by atoms with E-state index in [1.54, 1.807) is 6.07 Å². The number of rotatable bonds is 5. The van der Waals surface area contributed by atoms with Gasteiger partial charge in [-0.3, -0.25) is 5.10 Å². The summed E-state index contributed by atoms with van der Waals surface area (Å²) < 4.78 is 5.83. The molecule has 4 aromatic rings. The topological polar surface area (TPSA) is 58.1 Å². The van der Waals surface area contributed by atoms with Gasteiger partial charge in [0.2, 0.25) is 0 Å². The van der Waals surface area contributed by atoms with Gasteiger partial charge < -0.3 is 9.84 Å². The van der Waals surface area contributed by atoms with Gasteiger partial charge in [0, 0.05) is 11.1 Å². The maximum Gasteiger partial charge on any atom is 0.124 e. The number of nitrogens with one attached hydrogen (secondary N) is 1. The van der Waals surface area contributed by atoms with Gasteiger partial charge in [-0.2, -0.15) is 5.10 Å². The summed E-state index contributed by atoms with van der Waals surface area (Å²) in [7, 11) is 0. The molecule has 0 amide bonds. The fourth-order valence-corrected chi connectivity index (χ4v) is 2.94. The number of aromatic hydroxyl groups is 1.